The molecule has 0 radical (unpaired) electrons. The third-order valence-corrected chi connectivity index (χ3v) is 3.25. The van der Waals surface area contributed by atoms with Crippen molar-refractivity contribution in [3.8, 4) is 0 Å². The monoisotopic (exact) mass is 252 g/mol. The molecule has 0 spiro atoms. The number of nitrogens with two attached hydrogens (primary N) is 1. The SMILES string of the molecule is NC1(C(=O)NCCCn2cccn2)CCOCC1. The average Bonchev–Trinajstić information content (AvgIpc) is 2.88. The summed E-state index contributed by atoms with van der Waals surface area (Å²) < 4.78 is 7.06. The number of hydrogen-bond donors (Lipinski definition) is 2. The summed E-state index contributed by atoms with van der Waals surface area (Å²) in [5.41, 5.74) is 5.32. The predicted octanol–water partition coefficient (Wildman–Crippen LogP) is -0.103. The first-order chi connectivity index (χ1) is 8.71. The van der Waals surface area contributed by atoms with E-state index in [1.165, 1.54) is 0 Å². The molecule has 6 nitrogen and oxygen atoms in total. The van der Waals surface area contributed by atoms with E-state index in [1.807, 2.05) is 16.9 Å². The summed E-state index contributed by atoms with van der Waals surface area (Å²) in [6, 6.07) is 1.88. The summed E-state index contributed by atoms with van der Waals surface area (Å²) in [5, 5.41) is 6.99. The summed E-state index contributed by atoms with van der Waals surface area (Å²) in [6.45, 7) is 2.56. The van der Waals surface area contributed by atoms with Gasteiger partial charge in [-0.2, -0.15) is 5.10 Å². The first-order valence-electron chi connectivity index (χ1n) is 6.33. The largest absolute Gasteiger partial charge is 0.381 e. The lowest BCUT2D eigenvalue weighted by molar-refractivity contribution is -0.129. The second kappa shape index (κ2) is 5.97. The molecule has 1 aromatic heterocycles. The van der Waals surface area contributed by atoms with Crippen LogP contribution in [0.3, 0.4) is 0 Å². The van der Waals surface area contributed by atoms with Gasteiger partial charge >= 0.3 is 0 Å². The molecule has 2 rings (SSSR count). The maximum atomic E-state index is 12.0. The lowest BCUT2D eigenvalue weighted by Gasteiger charge is -2.31. The van der Waals surface area contributed by atoms with Crippen LogP contribution in [0.2, 0.25) is 0 Å². The predicted molar refractivity (Wildman–Crippen MR) is 66.8 cm³/mol. The first-order valence-corrected chi connectivity index (χ1v) is 6.33. The highest BCUT2D eigenvalue weighted by molar-refractivity contribution is 5.86. The van der Waals surface area contributed by atoms with E-state index >= 15 is 0 Å². The second-order valence-corrected chi connectivity index (χ2v) is 4.65. The van der Waals surface area contributed by atoms with E-state index in [2.05, 4.69) is 10.4 Å². The summed E-state index contributed by atoms with van der Waals surface area (Å²) in [4.78, 5) is 12.0. The molecular formula is C12H20N4O2. The van der Waals surface area contributed by atoms with E-state index in [0.29, 0.717) is 32.6 Å². The number of amides is 1. The van der Waals surface area contributed by atoms with Gasteiger partial charge < -0.3 is 15.8 Å². The fraction of sp³-hybridized carbons (Fsp3) is 0.667. The van der Waals surface area contributed by atoms with Crippen LogP contribution in [-0.2, 0) is 16.1 Å². The molecule has 0 saturated carbocycles. The Morgan fingerprint density at radius 1 is 1.50 bits per heavy atom. The molecule has 1 saturated heterocycles. The van der Waals surface area contributed by atoms with Gasteiger partial charge in [0.15, 0.2) is 0 Å². The summed E-state index contributed by atoms with van der Waals surface area (Å²) in [7, 11) is 0. The second-order valence-electron chi connectivity index (χ2n) is 4.65. The number of nitrogens with zero attached hydrogens (tertiary/aromatic N) is 2. The fourth-order valence-electron chi connectivity index (χ4n) is 2.01. The molecule has 0 unspecified atom stereocenters. The smallest absolute Gasteiger partial charge is 0.240 e. The zero-order valence-corrected chi connectivity index (χ0v) is 10.5. The zero-order chi connectivity index (χ0) is 12.8. The molecule has 0 aromatic carbocycles. The zero-order valence-electron chi connectivity index (χ0n) is 10.5. The van der Waals surface area contributed by atoms with Crippen molar-refractivity contribution in [2.75, 3.05) is 19.8 Å². The Bertz CT molecular complexity index is 371. The first kappa shape index (κ1) is 13.0. The number of rotatable bonds is 5. The van der Waals surface area contributed by atoms with Crippen molar-refractivity contribution >= 4 is 5.91 Å². The molecule has 1 aromatic rings. The Morgan fingerprint density at radius 2 is 2.28 bits per heavy atom. The molecule has 100 valence electrons. The van der Waals surface area contributed by atoms with E-state index < -0.39 is 5.54 Å². The van der Waals surface area contributed by atoms with Crippen molar-refractivity contribution in [2.24, 2.45) is 5.73 Å². The summed E-state index contributed by atoms with van der Waals surface area (Å²) >= 11 is 0. The van der Waals surface area contributed by atoms with Gasteiger partial charge in [-0.3, -0.25) is 9.48 Å². The fourth-order valence-corrected chi connectivity index (χ4v) is 2.01. The van der Waals surface area contributed by atoms with Crippen LogP contribution in [0.4, 0.5) is 0 Å². The lowest BCUT2D eigenvalue weighted by Crippen LogP contribution is -2.57. The van der Waals surface area contributed by atoms with Crippen LogP contribution >= 0.6 is 0 Å². The van der Waals surface area contributed by atoms with Crippen LogP contribution in [0.25, 0.3) is 0 Å². The number of carbonyl (C=O) groups is 1. The molecule has 0 aliphatic carbocycles. The van der Waals surface area contributed by atoms with Crippen LogP contribution in [-0.4, -0.2) is 41.0 Å². The molecule has 2 heterocycles. The Kier molecular flexibility index (Phi) is 4.33. The van der Waals surface area contributed by atoms with E-state index in [-0.39, 0.29) is 5.91 Å². The van der Waals surface area contributed by atoms with Gasteiger partial charge in [0.05, 0.1) is 5.54 Å². The van der Waals surface area contributed by atoms with Gasteiger partial charge in [0.1, 0.15) is 0 Å². The topological polar surface area (TPSA) is 82.2 Å². The molecule has 3 N–H and O–H groups in total. The molecule has 18 heavy (non-hydrogen) atoms. The van der Waals surface area contributed by atoms with Crippen molar-refractivity contribution in [1.82, 2.24) is 15.1 Å². The molecule has 6 heteroatoms. The minimum Gasteiger partial charge on any atom is -0.381 e. The highest BCUT2D eigenvalue weighted by Crippen LogP contribution is 2.17. The number of hydrogen-bond acceptors (Lipinski definition) is 4. The number of carbonyl (C=O) groups excluding carboxylic acids is 1. The van der Waals surface area contributed by atoms with Gasteiger partial charge in [0, 0.05) is 38.7 Å². The van der Waals surface area contributed by atoms with Crippen molar-refractivity contribution in [1.29, 1.82) is 0 Å². The summed E-state index contributed by atoms with van der Waals surface area (Å²) in [6.07, 6.45) is 5.69. The van der Waals surface area contributed by atoms with Crippen LogP contribution in [0.5, 0.6) is 0 Å². The quantitative estimate of drug-likeness (QED) is 0.717. The minimum atomic E-state index is -0.746. The molecule has 0 atom stereocenters. The third-order valence-electron chi connectivity index (χ3n) is 3.25. The Morgan fingerprint density at radius 3 is 2.94 bits per heavy atom. The van der Waals surface area contributed by atoms with E-state index in [9.17, 15) is 4.79 Å². The van der Waals surface area contributed by atoms with E-state index in [1.54, 1.807) is 6.20 Å². The van der Waals surface area contributed by atoms with Gasteiger partial charge in [0.25, 0.3) is 0 Å². The van der Waals surface area contributed by atoms with Crippen LogP contribution in [0.1, 0.15) is 19.3 Å². The van der Waals surface area contributed by atoms with Gasteiger partial charge in [-0.05, 0) is 25.3 Å². The number of aryl methyl sites for hydroxylation is 1. The highest BCUT2D eigenvalue weighted by Gasteiger charge is 2.35. The average molecular weight is 252 g/mol. The summed E-state index contributed by atoms with van der Waals surface area (Å²) in [5.74, 6) is -0.0636. The standard InChI is InChI=1S/C12H20N4O2/c13-12(3-9-18-10-4-12)11(17)14-5-1-7-16-8-2-6-15-16/h2,6,8H,1,3-5,7,9-10,13H2,(H,14,17). The molecule has 1 amide bonds. The van der Waals surface area contributed by atoms with Crippen LogP contribution in [0.15, 0.2) is 18.5 Å². The third kappa shape index (κ3) is 3.30. The maximum Gasteiger partial charge on any atom is 0.240 e. The van der Waals surface area contributed by atoms with Gasteiger partial charge in [-0.25, -0.2) is 0 Å². The Balaban J connectivity index is 1.68. The number of nitrogens with one attached hydrogen (secondary N) is 1. The van der Waals surface area contributed by atoms with Crippen molar-refractivity contribution in [2.45, 2.75) is 31.3 Å². The van der Waals surface area contributed by atoms with E-state index in [0.717, 1.165) is 13.0 Å². The van der Waals surface area contributed by atoms with Crippen LogP contribution in [0, 0.1) is 0 Å². The van der Waals surface area contributed by atoms with Gasteiger partial charge in [0.2, 0.25) is 5.91 Å². The van der Waals surface area contributed by atoms with Gasteiger partial charge in [-0.1, -0.05) is 0 Å². The minimum absolute atomic E-state index is 0.0636. The van der Waals surface area contributed by atoms with Crippen molar-refractivity contribution < 1.29 is 9.53 Å². The van der Waals surface area contributed by atoms with Crippen molar-refractivity contribution in [3.05, 3.63) is 18.5 Å². The van der Waals surface area contributed by atoms with Crippen LogP contribution < -0.4 is 11.1 Å². The lowest BCUT2D eigenvalue weighted by atomic mass is 9.90. The van der Waals surface area contributed by atoms with Crippen molar-refractivity contribution in [3.63, 3.8) is 0 Å². The Hall–Kier alpha value is -1.40. The molecule has 1 fully saturated rings. The molecule has 0 bridgehead atoms. The normalized spacial score (nSPS) is 18.5. The highest BCUT2D eigenvalue weighted by atomic mass is 16.5. The van der Waals surface area contributed by atoms with E-state index in [4.69, 9.17) is 10.5 Å². The number of ether oxygens (including phenoxy) is 1. The Labute approximate surface area is 106 Å². The number of aromatic nitrogens is 2. The molecular weight excluding hydrogens is 232 g/mol. The maximum absolute atomic E-state index is 12.0. The molecule has 1 aliphatic heterocycles. The van der Waals surface area contributed by atoms with Gasteiger partial charge in [-0.15, -0.1) is 0 Å². The molecule has 1 aliphatic rings.